The fourth-order valence-electron chi connectivity index (χ4n) is 4.66. The van der Waals surface area contributed by atoms with E-state index in [-0.39, 0.29) is 0 Å². The van der Waals surface area contributed by atoms with E-state index in [2.05, 4.69) is 14.9 Å². The molecule has 2 aromatic heterocycles. The van der Waals surface area contributed by atoms with Crippen molar-refractivity contribution in [3.63, 3.8) is 0 Å². The van der Waals surface area contributed by atoms with Crippen LogP contribution in [0.4, 0.5) is 8.78 Å². The number of halogens is 2. The lowest BCUT2D eigenvalue weighted by Gasteiger charge is -2.31. The Morgan fingerprint density at radius 2 is 2.06 bits per heavy atom. The third-order valence-electron chi connectivity index (χ3n) is 6.40. The monoisotopic (exact) mass is 483 g/mol. The number of ketones is 1. The molecule has 176 valence electrons. The Kier molecular flexibility index (Phi) is 7.89. The summed E-state index contributed by atoms with van der Waals surface area (Å²) in [7, 11) is 0. The van der Waals surface area contributed by atoms with Crippen molar-refractivity contribution in [2.45, 2.75) is 70.8 Å². The molecule has 2 aromatic rings. The minimum Gasteiger partial charge on any atom is -0.464 e. The average molecular weight is 484 g/mol. The zero-order valence-electron chi connectivity index (χ0n) is 18.5. The van der Waals surface area contributed by atoms with Crippen LogP contribution in [0.15, 0.2) is 11.6 Å². The second-order valence-corrected chi connectivity index (χ2v) is 11.3. The quantitative estimate of drug-likeness (QED) is 0.454. The standard InChI is InChI=1S/C23H31F2N3O2S2/c1-23(24,25)15-30-22-27-19-14-28(10-7-20(19)32-22)9-6-16-2-4-17(5-3-16)12-18(29)13-21-26-8-11-31-21/h8,11,16-17H,2-7,9-10,12-15H2,1H3. The van der Waals surface area contributed by atoms with Gasteiger partial charge in [0, 0.05) is 42.9 Å². The lowest BCUT2D eigenvalue weighted by Crippen LogP contribution is -2.32. The van der Waals surface area contributed by atoms with Crippen LogP contribution in [-0.2, 0) is 24.2 Å². The third-order valence-corrected chi connectivity index (χ3v) is 8.25. The molecule has 0 aromatic carbocycles. The lowest BCUT2D eigenvalue weighted by molar-refractivity contribution is -0.119. The van der Waals surface area contributed by atoms with Crippen molar-refractivity contribution >= 4 is 28.5 Å². The second kappa shape index (κ2) is 10.7. The number of alkyl halides is 2. The van der Waals surface area contributed by atoms with E-state index in [0.717, 1.165) is 62.4 Å². The first-order chi connectivity index (χ1) is 15.3. The molecule has 0 saturated heterocycles. The Balaban J connectivity index is 1.15. The maximum absolute atomic E-state index is 13.0. The number of carbonyl (C=O) groups is 1. The van der Waals surface area contributed by atoms with Crippen molar-refractivity contribution in [3.05, 3.63) is 27.2 Å². The zero-order valence-corrected chi connectivity index (χ0v) is 20.2. The molecule has 9 heteroatoms. The van der Waals surface area contributed by atoms with Crippen molar-refractivity contribution in [1.82, 2.24) is 14.9 Å². The molecule has 1 saturated carbocycles. The van der Waals surface area contributed by atoms with Crippen LogP contribution in [-0.4, -0.2) is 46.3 Å². The van der Waals surface area contributed by atoms with Crippen LogP contribution in [0.2, 0.25) is 0 Å². The van der Waals surface area contributed by atoms with Crippen LogP contribution >= 0.6 is 22.7 Å². The SMILES string of the molecule is CC(F)(F)COc1nc2c(s1)CCN(CCC1CCC(CC(=O)Cc3nccs3)CC1)C2. The van der Waals surface area contributed by atoms with Crippen molar-refractivity contribution < 1.29 is 18.3 Å². The van der Waals surface area contributed by atoms with Crippen LogP contribution in [0.3, 0.4) is 0 Å². The van der Waals surface area contributed by atoms with E-state index in [9.17, 15) is 13.6 Å². The van der Waals surface area contributed by atoms with Gasteiger partial charge in [0.25, 0.3) is 11.1 Å². The highest BCUT2D eigenvalue weighted by atomic mass is 32.1. The molecule has 32 heavy (non-hydrogen) atoms. The minimum absolute atomic E-state index is 0.321. The number of hydrogen-bond donors (Lipinski definition) is 0. The molecule has 0 atom stereocenters. The van der Waals surface area contributed by atoms with Gasteiger partial charge in [-0.1, -0.05) is 24.2 Å². The summed E-state index contributed by atoms with van der Waals surface area (Å²) in [5.41, 5.74) is 0.984. The van der Waals surface area contributed by atoms with Crippen LogP contribution in [0.25, 0.3) is 0 Å². The first kappa shape index (κ1) is 23.7. The average Bonchev–Trinajstić information content (AvgIpc) is 3.40. The van der Waals surface area contributed by atoms with Gasteiger partial charge < -0.3 is 4.74 Å². The van der Waals surface area contributed by atoms with E-state index in [4.69, 9.17) is 4.74 Å². The van der Waals surface area contributed by atoms with Gasteiger partial charge in [-0.3, -0.25) is 9.69 Å². The Hall–Kier alpha value is -1.45. The van der Waals surface area contributed by atoms with Gasteiger partial charge in [0.15, 0.2) is 6.61 Å². The van der Waals surface area contributed by atoms with Crippen LogP contribution in [0.5, 0.6) is 5.19 Å². The summed E-state index contributed by atoms with van der Waals surface area (Å²) in [6, 6.07) is 0. The second-order valence-electron chi connectivity index (χ2n) is 9.26. The number of hydrogen-bond acceptors (Lipinski definition) is 7. The van der Waals surface area contributed by atoms with Crippen molar-refractivity contribution in [1.29, 1.82) is 0 Å². The normalized spacial score (nSPS) is 22.0. The molecule has 0 spiro atoms. The first-order valence-electron chi connectivity index (χ1n) is 11.5. The summed E-state index contributed by atoms with van der Waals surface area (Å²) >= 11 is 2.96. The number of rotatable bonds is 10. The van der Waals surface area contributed by atoms with E-state index in [1.165, 1.54) is 35.5 Å². The fraction of sp³-hybridized carbons (Fsp3) is 0.696. The third kappa shape index (κ3) is 7.02. The van der Waals surface area contributed by atoms with Crippen molar-refractivity contribution in [3.8, 4) is 5.19 Å². The summed E-state index contributed by atoms with van der Waals surface area (Å²) in [5.74, 6) is -1.27. The van der Waals surface area contributed by atoms with E-state index in [0.29, 0.717) is 29.7 Å². The van der Waals surface area contributed by atoms with Gasteiger partial charge in [-0.15, -0.1) is 11.3 Å². The number of ether oxygens (including phenoxy) is 1. The van der Waals surface area contributed by atoms with E-state index < -0.39 is 12.5 Å². The van der Waals surface area contributed by atoms with E-state index in [1.54, 1.807) is 17.5 Å². The molecule has 2 aliphatic rings. The molecule has 0 bridgehead atoms. The van der Waals surface area contributed by atoms with E-state index in [1.807, 2.05) is 5.38 Å². The van der Waals surface area contributed by atoms with Gasteiger partial charge in [-0.2, -0.15) is 0 Å². The first-order valence-corrected chi connectivity index (χ1v) is 13.2. The fourth-order valence-corrected chi connectivity index (χ4v) is 6.21. The van der Waals surface area contributed by atoms with Gasteiger partial charge in [-0.05, 0) is 44.1 Å². The molecule has 0 N–H and O–H groups in total. The summed E-state index contributed by atoms with van der Waals surface area (Å²) < 4.78 is 31.2. The Morgan fingerprint density at radius 1 is 1.28 bits per heavy atom. The number of fused-ring (bicyclic) bond motifs is 1. The topological polar surface area (TPSA) is 55.3 Å². The molecular formula is C23H31F2N3O2S2. The molecule has 1 aliphatic heterocycles. The summed E-state index contributed by atoms with van der Waals surface area (Å²) in [4.78, 5) is 24.5. The maximum Gasteiger partial charge on any atom is 0.278 e. The molecule has 5 nitrogen and oxygen atoms in total. The highest BCUT2D eigenvalue weighted by molar-refractivity contribution is 7.13. The molecule has 0 radical (unpaired) electrons. The van der Waals surface area contributed by atoms with Crippen LogP contribution in [0, 0.1) is 11.8 Å². The number of carbonyl (C=O) groups excluding carboxylic acids is 1. The largest absolute Gasteiger partial charge is 0.464 e. The Bertz CT molecular complexity index is 874. The Morgan fingerprint density at radius 3 is 2.78 bits per heavy atom. The van der Waals surface area contributed by atoms with Crippen molar-refractivity contribution in [2.75, 3.05) is 19.7 Å². The predicted octanol–water partition coefficient (Wildman–Crippen LogP) is 5.39. The van der Waals surface area contributed by atoms with Gasteiger partial charge in [0.1, 0.15) is 5.78 Å². The molecule has 0 amide bonds. The van der Waals surface area contributed by atoms with E-state index >= 15 is 0 Å². The molecule has 1 aliphatic carbocycles. The smallest absolute Gasteiger partial charge is 0.278 e. The molecule has 1 fully saturated rings. The molecule has 3 heterocycles. The van der Waals surface area contributed by atoms with Crippen LogP contribution in [0.1, 0.15) is 61.0 Å². The summed E-state index contributed by atoms with van der Waals surface area (Å²) in [5, 5.41) is 3.21. The number of Topliss-reactive ketones (excluding diaryl/α,β-unsaturated/α-hetero) is 1. The van der Waals surface area contributed by atoms with Gasteiger partial charge in [-0.25, -0.2) is 18.7 Å². The zero-order chi connectivity index (χ0) is 22.6. The molecule has 4 rings (SSSR count). The van der Waals surface area contributed by atoms with Gasteiger partial charge >= 0.3 is 0 Å². The summed E-state index contributed by atoms with van der Waals surface area (Å²) in [6.45, 7) is 3.04. The Labute approximate surface area is 196 Å². The highest BCUT2D eigenvalue weighted by Crippen LogP contribution is 2.34. The number of aromatic nitrogens is 2. The van der Waals surface area contributed by atoms with Gasteiger partial charge in [0.05, 0.1) is 17.1 Å². The number of thiazole rings is 2. The number of nitrogens with zero attached hydrogens (tertiary/aromatic N) is 3. The summed E-state index contributed by atoms with van der Waals surface area (Å²) in [6.07, 6.45) is 9.72. The maximum atomic E-state index is 13.0. The van der Waals surface area contributed by atoms with Crippen LogP contribution < -0.4 is 4.74 Å². The molecule has 0 unspecified atom stereocenters. The highest BCUT2D eigenvalue weighted by Gasteiger charge is 2.27. The van der Waals surface area contributed by atoms with Gasteiger partial charge in [0.2, 0.25) is 0 Å². The lowest BCUT2D eigenvalue weighted by atomic mass is 9.78. The van der Waals surface area contributed by atoms with Crippen molar-refractivity contribution in [2.24, 2.45) is 11.8 Å². The predicted molar refractivity (Wildman–Crippen MR) is 123 cm³/mol. The minimum atomic E-state index is -2.84. The molecular weight excluding hydrogens is 452 g/mol.